The van der Waals surface area contributed by atoms with Gasteiger partial charge < -0.3 is 10.2 Å². The predicted molar refractivity (Wildman–Crippen MR) is 106 cm³/mol. The molecule has 1 aliphatic heterocycles. The second-order valence-electron chi connectivity index (χ2n) is 6.40. The summed E-state index contributed by atoms with van der Waals surface area (Å²) >= 11 is 5.92. The minimum atomic E-state index is -0.721. The van der Waals surface area contributed by atoms with E-state index in [9.17, 15) is 9.59 Å². The summed E-state index contributed by atoms with van der Waals surface area (Å²) in [5, 5.41) is 3.50. The lowest BCUT2D eigenvalue weighted by Gasteiger charge is -2.27. The van der Waals surface area contributed by atoms with Crippen LogP contribution in [0.3, 0.4) is 0 Å². The highest BCUT2D eigenvalue weighted by Crippen LogP contribution is 2.32. The Morgan fingerprint density at radius 3 is 2.30 bits per heavy atom. The molecule has 0 fully saturated rings. The van der Waals surface area contributed by atoms with Gasteiger partial charge in [-0.15, -0.1) is 0 Å². The summed E-state index contributed by atoms with van der Waals surface area (Å²) in [6.07, 6.45) is 0. The molecule has 0 radical (unpaired) electrons. The SMILES string of the molecule is O=C(Nc1ccc(Cl)cc1)[C@@H](c1ccccc1)N1Cc2ccccc2C1=O. The summed E-state index contributed by atoms with van der Waals surface area (Å²) in [5.74, 6) is -0.393. The van der Waals surface area contributed by atoms with E-state index in [4.69, 9.17) is 11.6 Å². The number of benzene rings is 3. The number of hydrogen-bond acceptors (Lipinski definition) is 2. The van der Waals surface area contributed by atoms with E-state index in [1.165, 1.54) is 0 Å². The molecule has 27 heavy (non-hydrogen) atoms. The van der Waals surface area contributed by atoms with Crippen molar-refractivity contribution in [3.05, 3.63) is 101 Å². The number of carbonyl (C=O) groups excluding carboxylic acids is 2. The summed E-state index contributed by atoms with van der Waals surface area (Å²) in [6, 6.07) is 23.0. The third-order valence-electron chi connectivity index (χ3n) is 4.64. The molecule has 0 unspecified atom stereocenters. The largest absolute Gasteiger partial charge is 0.324 e. The topological polar surface area (TPSA) is 49.4 Å². The molecule has 0 aliphatic carbocycles. The van der Waals surface area contributed by atoms with Gasteiger partial charge in [0.2, 0.25) is 0 Å². The zero-order valence-electron chi connectivity index (χ0n) is 14.4. The Morgan fingerprint density at radius 1 is 0.926 bits per heavy atom. The van der Waals surface area contributed by atoms with E-state index in [0.717, 1.165) is 11.1 Å². The first-order chi connectivity index (χ1) is 13.1. The van der Waals surface area contributed by atoms with Gasteiger partial charge in [0.25, 0.3) is 11.8 Å². The molecule has 134 valence electrons. The van der Waals surface area contributed by atoms with Crippen LogP contribution in [0.15, 0.2) is 78.9 Å². The maximum atomic E-state index is 13.1. The van der Waals surface area contributed by atoms with Gasteiger partial charge in [-0.25, -0.2) is 0 Å². The van der Waals surface area contributed by atoms with Crippen molar-refractivity contribution in [3.8, 4) is 0 Å². The average Bonchev–Trinajstić information content (AvgIpc) is 3.01. The van der Waals surface area contributed by atoms with Crippen molar-refractivity contribution < 1.29 is 9.59 Å². The molecule has 0 saturated heterocycles. The number of amides is 2. The number of hydrogen-bond donors (Lipinski definition) is 1. The Labute approximate surface area is 162 Å². The first-order valence-electron chi connectivity index (χ1n) is 8.64. The number of nitrogens with zero attached hydrogens (tertiary/aromatic N) is 1. The normalized spacial score (nSPS) is 14.0. The van der Waals surface area contributed by atoms with E-state index < -0.39 is 6.04 Å². The van der Waals surface area contributed by atoms with E-state index in [0.29, 0.717) is 22.8 Å². The summed E-state index contributed by atoms with van der Waals surface area (Å²) in [6.45, 7) is 0.405. The van der Waals surface area contributed by atoms with Crippen LogP contribution in [0, 0.1) is 0 Å². The van der Waals surface area contributed by atoms with Gasteiger partial charge in [-0.05, 0) is 41.5 Å². The minimum absolute atomic E-state index is 0.134. The van der Waals surface area contributed by atoms with E-state index >= 15 is 0 Å². The molecule has 1 heterocycles. The van der Waals surface area contributed by atoms with Gasteiger partial charge in [0, 0.05) is 22.8 Å². The Morgan fingerprint density at radius 2 is 1.59 bits per heavy atom. The number of carbonyl (C=O) groups is 2. The van der Waals surface area contributed by atoms with Crippen LogP contribution in [0.2, 0.25) is 5.02 Å². The van der Waals surface area contributed by atoms with Gasteiger partial charge in [0.1, 0.15) is 6.04 Å². The van der Waals surface area contributed by atoms with Crippen molar-refractivity contribution in [2.24, 2.45) is 0 Å². The summed E-state index contributed by atoms with van der Waals surface area (Å²) < 4.78 is 0. The quantitative estimate of drug-likeness (QED) is 0.719. The minimum Gasteiger partial charge on any atom is -0.324 e. The zero-order chi connectivity index (χ0) is 18.8. The summed E-state index contributed by atoms with van der Waals surface area (Å²) in [4.78, 5) is 27.7. The number of fused-ring (bicyclic) bond motifs is 1. The maximum Gasteiger partial charge on any atom is 0.255 e. The monoisotopic (exact) mass is 376 g/mol. The Kier molecular flexibility index (Phi) is 4.65. The van der Waals surface area contributed by atoms with Crippen molar-refractivity contribution >= 4 is 29.1 Å². The molecule has 4 rings (SSSR count). The molecule has 0 saturated carbocycles. The van der Waals surface area contributed by atoms with Gasteiger partial charge in [0.15, 0.2) is 0 Å². The molecule has 4 nitrogen and oxygen atoms in total. The fourth-order valence-electron chi connectivity index (χ4n) is 3.34. The third kappa shape index (κ3) is 3.44. The first kappa shape index (κ1) is 17.3. The number of nitrogens with one attached hydrogen (secondary N) is 1. The van der Waals surface area contributed by atoms with Crippen LogP contribution >= 0.6 is 11.6 Å². The molecular weight excluding hydrogens is 360 g/mol. The van der Waals surface area contributed by atoms with Crippen LogP contribution in [0.25, 0.3) is 0 Å². The molecule has 0 bridgehead atoms. The molecular formula is C22H17ClN2O2. The standard InChI is InChI=1S/C22H17ClN2O2/c23-17-10-12-18(13-11-17)24-21(26)20(15-6-2-1-3-7-15)25-14-16-8-4-5-9-19(16)22(25)27/h1-13,20H,14H2,(H,24,26)/t20-/m1/s1. The van der Waals surface area contributed by atoms with Crippen molar-refractivity contribution in [1.82, 2.24) is 4.90 Å². The lowest BCUT2D eigenvalue weighted by atomic mass is 10.0. The van der Waals surface area contributed by atoms with E-state index in [1.807, 2.05) is 48.5 Å². The predicted octanol–water partition coefficient (Wildman–Crippen LogP) is 4.68. The molecule has 5 heteroatoms. The molecule has 3 aromatic carbocycles. The summed E-state index contributed by atoms with van der Waals surface area (Å²) in [5.41, 5.74) is 2.99. The molecule has 3 aromatic rings. The molecule has 0 aromatic heterocycles. The lowest BCUT2D eigenvalue weighted by molar-refractivity contribution is -0.120. The van der Waals surface area contributed by atoms with Crippen molar-refractivity contribution in [2.75, 3.05) is 5.32 Å². The molecule has 0 spiro atoms. The first-order valence-corrected chi connectivity index (χ1v) is 9.01. The highest BCUT2D eigenvalue weighted by molar-refractivity contribution is 6.30. The fourth-order valence-corrected chi connectivity index (χ4v) is 3.46. The molecule has 1 N–H and O–H groups in total. The van der Waals surface area contributed by atoms with Crippen LogP contribution in [-0.4, -0.2) is 16.7 Å². The van der Waals surface area contributed by atoms with E-state index in [2.05, 4.69) is 5.32 Å². The van der Waals surface area contributed by atoms with Gasteiger partial charge in [0.05, 0.1) is 0 Å². The van der Waals surface area contributed by atoms with Crippen LogP contribution in [-0.2, 0) is 11.3 Å². The number of halogens is 1. The Hall–Kier alpha value is -3.11. The second kappa shape index (κ2) is 7.25. The van der Waals surface area contributed by atoms with Crippen LogP contribution in [0.4, 0.5) is 5.69 Å². The van der Waals surface area contributed by atoms with Crippen molar-refractivity contribution in [1.29, 1.82) is 0 Å². The van der Waals surface area contributed by atoms with Crippen LogP contribution in [0.1, 0.15) is 27.5 Å². The van der Waals surface area contributed by atoms with Crippen molar-refractivity contribution in [3.63, 3.8) is 0 Å². The highest BCUT2D eigenvalue weighted by atomic mass is 35.5. The zero-order valence-corrected chi connectivity index (χ0v) is 15.2. The van der Waals surface area contributed by atoms with Gasteiger partial charge in [-0.3, -0.25) is 9.59 Å². The number of anilines is 1. The smallest absolute Gasteiger partial charge is 0.255 e. The lowest BCUT2D eigenvalue weighted by Crippen LogP contribution is -2.37. The van der Waals surface area contributed by atoms with Crippen LogP contribution in [0.5, 0.6) is 0 Å². The molecule has 1 aliphatic rings. The third-order valence-corrected chi connectivity index (χ3v) is 4.89. The second-order valence-corrected chi connectivity index (χ2v) is 6.84. The van der Waals surface area contributed by atoms with Gasteiger partial charge in [-0.2, -0.15) is 0 Å². The Bertz CT molecular complexity index is 987. The highest BCUT2D eigenvalue weighted by Gasteiger charge is 2.37. The summed E-state index contributed by atoms with van der Waals surface area (Å²) in [7, 11) is 0. The number of rotatable bonds is 4. The van der Waals surface area contributed by atoms with Crippen molar-refractivity contribution in [2.45, 2.75) is 12.6 Å². The Balaban J connectivity index is 1.67. The van der Waals surface area contributed by atoms with Gasteiger partial charge >= 0.3 is 0 Å². The molecule has 1 atom stereocenters. The fraction of sp³-hybridized carbons (Fsp3) is 0.0909. The van der Waals surface area contributed by atoms with E-state index in [-0.39, 0.29) is 11.8 Å². The maximum absolute atomic E-state index is 13.1. The van der Waals surface area contributed by atoms with Gasteiger partial charge in [-0.1, -0.05) is 60.1 Å². The molecule has 2 amide bonds. The van der Waals surface area contributed by atoms with E-state index in [1.54, 1.807) is 35.2 Å². The average molecular weight is 377 g/mol. The van der Waals surface area contributed by atoms with Crippen LogP contribution < -0.4 is 5.32 Å².